The Labute approximate surface area is 167 Å². The number of aryl methyl sites for hydroxylation is 2. The van der Waals surface area contributed by atoms with E-state index in [0.29, 0.717) is 10.7 Å². The summed E-state index contributed by atoms with van der Waals surface area (Å²) in [5, 5.41) is 11.3. The molecule has 0 saturated heterocycles. The molecular weight excluding hydrogens is 406 g/mol. The molecule has 1 aliphatic carbocycles. The quantitative estimate of drug-likeness (QED) is 0.364. The summed E-state index contributed by atoms with van der Waals surface area (Å²) in [6.45, 7) is -0.267. The molecule has 1 aliphatic rings. The summed E-state index contributed by atoms with van der Waals surface area (Å²) in [5.41, 5.74) is 0.443. The number of rotatable bonds is 4. The molecule has 0 saturated carbocycles. The van der Waals surface area contributed by atoms with Gasteiger partial charge in [-0.15, -0.1) is 11.3 Å². The molecule has 0 atom stereocenters. The zero-order chi connectivity index (χ0) is 19.8. The average molecular weight is 420 g/mol. The Morgan fingerprint density at radius 2 is 2.11 bits per heavy atom. The van der Waals surface area contributed by atoms with E-state index in [1.54, 1.807) is 4.40 Å². The van der Waals surface area contributed by atoms with E-state index in [-0.39, 0.29) is 22.8 Å². The summed E-state index contributed by atoms with van der Waals surface area (Å²) in [5.74, 6) is -0.901. The van der Waals surface area contributed by atoms with Crippen molar-refractivity contribution in [2.75, 3.05) is 0 Å². The van der Waals surface area contributed by atoms with Gasteiger partial charge in [-0.2, -0.15) is 0 Å². The number of esters is 1. The van der Waals surface area contributed by atoms with E-state index >= 15 is 0 Å². The van der Waals surface area contributed by atoms with Crippen molar-refractivity contribution in [3.8, 4) is 0 Å². The van der Waals surface area contributed by atoms with Crippen LogP contribution in [0.5, 0.6) is 0 Å². The molecule has 1 aromatic carbocycles. The Kier molecular flexibility index (Phi) is 4.86. The highest BCUT2D eigenvalue weighted by atomic mass is 35.5. The maximum atomic E-state index is 12.5. The van der Waals surface area contributed by atoms with Crippen molar-refractivity contribution in [1.29, 1.82) is 0 Å². The van der Waals surface area contributed by atoms with Gasteiger partial charge in [0, 0.05) is 27.7 Å². The van der Waals surface area contributed by atoms with Crippen LogP contribution < -0.4 is 5.56 Å². The molecular formula is C18H14ClN3O5S. The summed E-state index contributed by atoms with van der Waals surface area (Å²) in [4.78, 5) is 41.4. The molecule has 3 aromatic rings. The van der Waals surface area contributed by atoms with E-state index < -0.39 is 16.6 Å². The fraction of sp³-hybridized carbons (Fsp3) is 0.278. The highest BCUT2D eigenvalue weighted by Gasteiger charge is 2.23. The van der Waals surface area contributed by atoms with Crippen LogP contribution in [-0.2, 0) is 24.2 Å². The van der Waals surface area contributed by atoms with Gasteiger partial charge in [0.15, 0.2) is 4.96 Å². The number of ether oxygens (including phenoxy) is 1. The summed E-state index contributed by atoms with van der Waals surface area (Å²) in [6, 6.07) is 4.98. The van der Waals surface area contributed by atoms with Crippen LogP contribution in [0.1, 0.15) is 39.5 Å². The minimum Gasteiger partial charge on any atom is -0.455 e. The van der Waals surface area contributed by atoms with Crippen molar-refractivity contribution < 1.29 is 14.5 Å². The molecule has 2 aromatic heterocycles. The van der Waals surface area contributed by atoms with Gasteiger partial charge >= 0.3 is 5.97 Å². The predicted octanol–water partition coefficient (Wildman–Crippen LogP) is 3.55. The van der Waals surface area contributed by atoms with Crippen LogP contribution in [0.2, 0.25) is 5.02 Å². The van der Waals surface area contributed by atoms with Gasteiger partial charge in [0.2, 0.25) is 0 Å². The van der Waals surface area contributed by atoms with Gasteiger partial charge in [-0.1, -0.05) is 11.6 Å². The molecule has 4 rings (SSSR count). The highest BCUT2D eigenvalue weighted by Crippen LogP contribution is 2.28. The summed E-state index contributed by atoms with van der Waals surface area (Å²) < 4.78 is 6.78. The number of fused-ring (bicyclic) bond motifs is 3. The number of carbonyl (C=O) groups excluding carboxylic acids is 1. The van der Waals surface area contributed by atoms with Crippen LogP contribution in [0.25, 0.3) is 4.96 Å². The first-order valence-corrected chi connectivity index (χ1v) is 9.78. The second-order valence-electron chi connectivity index (χ2n) is 6.38. The van der Waals surface area contributed by atoms with Crippen molar-refractivity contribution >= 4 is 39.6 Å². The summed E-state index contributed by atoms with van der Waals surface area (Å²) in [6.07, 6.45) is 3.93. The number of nitrogens with zero attached hydrogens (tertiary/aromatic N) is 3. The first-order valence-electron chi connectivity index (χ1n) is 8.58. The lowest BCUT2D eigenvalue weighted by molar-refractivity contribution is -0.385. The third kappa shape index (κ3) is 3.38. The molecule has 0 fully saturated rings. The Morgan fingerprint density at radius 1 is 1.32 bits per heavy atom. The number of hydrogen-bond donors (Lipinski definition) is 0. The number of nitro benzene ring substituents is 1. The molecule has 8 nitrogen and oxygen atoms in total. The third-order valence-electron chi connectivity index (χ3n) is 4.54. The lowest BCUT2D eigenvalue weighted by Crippen LogP contribution is -2.18. The van der Waals surface area contributed by atoms with Crippen LogP contribution >= 0.6 is 22.9 Å². The minimum absolute atomic E-state index is 0.180. The van der Waals surface area contributed by atoms with Crippen molar-refractivity contribution in [3.63, 3.8) is 0 Å². The fourth-order valence-electron chi connectivity index (χ4n) is 3.26. The highest BCUT2D eigenvalue weighted by molar-refractivity contribution is 7.17. The summed E-state index contributed by atoms with van der Waals surface area (Å²) >= 11 is 7.30. The topological polar surface area (TPSA) is 104 Å². The largest absolute Gasteiger partial charge is 0.455 e. The SMILES string of the molecule is O=C(OCc1cc(=O)n2c3c(sc2n1)CCCC3)c1cc(Cl)ccc1[N+](=O)[O-]. The van der Waals surface area contributed by atoms with Gasteiger partial charge in [0.25, 0.3) is 11.2 Å². The number of hydrogen-bond acceptors (Lipinski definition) is 7. The Hall–Kier alpha value is -2.78. The molecule has 10 heteroatoms. The first kappa shape index (κ1) is 18.6. The van der Waals surface area contributed by atoms with Crippen molar-refractivity contribution in [2.45, 2.75) is 32.3 Å². The van der Waals surface area contributed by atoms with Gasteiger partial charge < -0.3 is 4.74 Å². The maximum Gasteiger partial charge on any atom is 0.345 e. The predicted molar refractivity (Wildman–Crippen MR) is 103 cm³/mol. The Bertz CT molecular complexity index is 1170. The van der Waals surface area contributed by atoms with E-state index in [1.165, 1.54) is 34.4 Å². The number of nitro groups is 1. The molecule has 2 heterocycles. The standard InChI is InChI=1S/C18H14ClN3O5S/c19-10-5-6-13(22(25)26)12(7-10)17(24)27-9-11-8-16(23)21-14-3-1-2-4-15(14)28-18(21)20-11/h5-8H,1-4,9H2. The van der Waals surface area contributed by atoms with Crippen molar-refractivity contribution in [2.24, 2.45) is 0 Å². The number of aromatic nitrogens is 2. The van der Waals surface area contributed by atoms with E-state index in [1.807, 2.05) is 0 Å². The van der Waals surface area contributed by atoms with Crippen LogP contribution in [0, 0.1) is 10.1 Å². The first-order chi connectivity index (χ1) is 13.4. The zero-order valence-corrected chi connectivity index (χ0v) is 16.1. The molecule has 0 bridgehead atoms. The maximum absolute atomic E-state index is 12.5. The number of carbonyl (C=O) groups is 1. The van der Waals surface area contributed by atoms with Gasteiger partial charge in [-0.05, 0) is 37.8 Å². The molecule has 0 spiro atoms. The molecule has 0 unspecified atom stereocenters. The summed E-state index contributed by atoms with van der Waals surface area (Å²) in [7, 11) is 0. The van der Waals surface area contributed by atoms with E-state index in [4.69, 9.17) is 16.3 Å². The van der Waals surface area contributed by atoms with Crippen LogP contribution in [0.3, 0.4) is 0 Å². The Morgan fingerprint density at radius 3 is 2.89 bits per heavy atom. The molecule has 28 heavy (non-hydrogen) atoms. The monoisotopic (exact) mass is 419 g/mol. The van der Waals surface area contributed by atoms with E-state index in [0.717, 1.165) is 37.4 Å². The fourth-order valence-corrected chi connectivity index (χ4v) is 4.67. The van der Waals surface area contributed by atoms with Crippen molar-refractivity contribution in [3.05, 3.63) is 71.6 Å². The second-order valence-corrected chi connectivity index (χ2v) is 7.88. The van der Waals surface area contributed by atoms with Crippen LogP contribution in [-0.4, -0.2) is 20.3 Å². The van der Waals surface area contributed by atoms with Crippen LogP contribution in [0.15, 0.2) is 29.1 Å². The molecule has 144 valence electrons. The zero-order valence-electron chi connectivity index (χ0n) is 14.5. The van der Waals surface area contributed by atoms with Crippen molar-refractivity contribution in [1.82, 2.24) is 9.38 Å². The van der Waals surface area contributed by atoms with E-state index in [2.05, 4.69) is 4.98 Å². The lowest BCUT2D eigenvalue weighted by atomic mass is 10.0. The molecule has 0 radical (unpaired) electrons. The number of thiazole rings is 1. The third-order valence-corrected chi connectivity index (χ3v) is 5.92. The number of benzene rings is 1. The second kappa shape index (κ2) is 7.33. The molecule has 0 amide bonds. The van der Waals surface area contributed by atoms with Gasteiger partial charge in [0.1, 0.15) is 12.2 Å². The molecule has 0 aliphatic heterocycles. The Balaban J connectivity index is 1.60. The average Bonchev–Trinajstić information content (AvgIpc) is 3.04. The van der Waals surface area contributed by atoms with Gasteiger partial charge in [-0.25, -0.2) is 9.78 Å². The van der Waals surface area contributed by atoms with Crippen LogP contribution in [0.4, 0.5) is 5.69 Å². The number of halogens is 1. The molecule has 0 N–H and O–H groups in total. The van der Waals surface area contributed by atoms with Gasteiger partial charge in [-0.3, -0.25) is 19.3 Å². The van der Waals surface area contributed by atoms with E-state index in [9.17, 15) is 19.7 Å². The lowest BCUT2D eigenvalue weighted by Gasteiger charge is -2.10. The normalized spacial score (nSPS) is 13.3. The smallest absolute Gasteiger partial charge is 0.345 e. The minimum atomic E-state index is -0.901. The van der Waals surface area contributed by atoms with Gasteiger partial charge in [0.05, 0.1) is 10.6 Å².